The Hall–Kier alpha value is -0.700. The highest BCUT2D eigenvalue weighted by molar-refractivity contribution is 9.13. The Morgan fingerprint density at radius 2 is 1.80 bits per heavy atom. The van der Waals surface area contributed by atoms with Crippen LogP contribution in [0.25, 0.3) is 0 Å². The number of hydrogen-bond acceptors (Lipinski definition) is 3. The lowest BCUT2D eigenvalue weighted by Gasteiger charge is -2.07. The standard InChI is InChI=1S/C12H6Br3NO3S/c13-6-2-1-5(12(18)19)3-8(6)16-11(17)9-4-7(14)10(15)20-9/h1-4H,(H,16,17)(H,18,19). The Morgan fingerprint density at radius 3 is 2.35 bits per heavy atom. The molecule has 20 heavy (non-hydrogen) atoms. The topological polar surface area (TPSA) is 66.4 Å². The molecule has 104 valence electrons. The number of hydrogen-bond donors (Lipinski definition) is 2. The van der Waals surface area contributed by atoms with Crippen LogP contribution in [0.2, 0.25) is 0 Å². The first-order valence-electron chi connectivity index (χ1n) is 5.17. The third kappa shape index (κ3) is 3.49. The average Bonchev–Trinajstić information content (AvgIpc) is 2.72. The Balaban J connectivity index is 2.27. The third-order valence-corrected chi connectivity index (χ3v) is 6.28. The van der Waals surface area contributed by atoms with Crippen LogP contribution in [0, 0.1) is 0 Å². The molecule has 1 aromatic heterocycles. The number of rotatable bonds is 3. The quantitative estimate of drug-likeness (QED) is 0.646. The fraction of sp³-hybridized carbons (Fsp3) is 0. The number of carboxylic acids is 1. The number of benzene rings is 1. The van der Waals surface area contributed by atoms with Crippen molar-refractivity contribution in [3.8, 4) is 0 Å². The average molecular weight is 484 g/mol. The number of carbonyl (C=O) groups excluding carboxylic acids is 1. The van der Waals surface area contributed by atoms with E-state index in [2.05, 4.69) is 53.1 Å². The van der Waals surface area contributed by atoms with Gasteiger partial charge in [-0.3, -0.25) is 4.79 Å². The van der Waals surface area contributed by atoms with E-state index in [4.69, 9.17) is 5.11 Å². The van der Waals surface area contributed by atoms with Crippen LogP contribution in [-0.4, -0.2) is 17.0 Å². The summed E-state index contributed by atoms with van der Waals surface area (Å²) < 4.78 is 2.23. The largest absolute Gasteiger partial charge is 0.478 e. The molecule has 0 saturated carbocycles. The van der Waals surface area contributed by atoms with Gasteiger partial charge >= 0.3 is 5.97 Å². The van der Waals surface area contributed by atoms with E-state index in [-0.39, 0.29) is 11.5 Å². The summed E-state index contributed by atoms with van der Waals surface area (Å²) in [5.41, 5.74) is 0.521. The highest BCUT2D eigenvalue weighted by atomic mass is 79.9. The lowest BCUT2D eigenvalue weighted by molar-refractivity contribution is 0.0696. The summed E-state index contributed by atoms with van der Waals surface area (Å²) in [7, 11) is 0. The van der Waals surface area contributed by atoms with E-state index in [1.807, 2.05) is 0 Å². The molecule has 0 aliphatic heterocycles. The minimum Gasteiger partial charge on any atom is -0.478 e. The van der Waals surface area contributed by atoms with Crippen molar-refractivity contribution in [2.24, 2.45) is 0 Å². The molecular weight excluding hydrogens is 478 g/mol. The molecule has 2 aromatic rings. The van der Waals surface area contributed by atoms with E-state index in [9.17, 15) is 9.59 Å². The molecule has 1 amide bonds. The number of aromatic carboxylic acids is 1. The van der Waals surface area contributed by atoms with Crippen LogP contribution in [-0.2, 0) is 0 Å². The Labute approximate surface area is 143 Å². The minimum atomic E-state index is -1.05. The van der Waals surface area contributed by atoms with Gasteiger partial charge in [-0.1, -0.05) is 0 Å². The van der Waals surface area contributed by atoms with Crippen LogP contribution in [0.3, 0.4) is 0 Å². The molecule has 4 nitrogen and oxygen atoms in total. The van der Waals surface area contributed by atoms with Gasteiger partial charge in [-0.05, 0) is 72.1 Å². The predicted molar refractivity (Wildman–Crippen MR) is 88.8 cm³/mol. The van der Waals surface area contributed by atoms with Gasteiger partial charge in [0.05, 0.1) is 19.9 Å². The molecule has 0 saturated heterocycles. The number of anilines is 1. The van der Waals surface area contributed by atoms with E-state index in [0.29, 0.717) is 15.0 Å². The number of thiophene rings is 1. The van der Waals surface area contributed by atoms with Gasteiger partial charge < -0.3 is 10.4 Å². The molecule has 0 fully saturated rings. The van der Waals surface area contributed by atoms with Gasteiger partial charge in [0.2, 0.25) is 0 Å². The van der Waals surface area contributed by atoms with Gasteiger partial charge in [0.1, 0.15) is 0 Å². The highest BCUT2D eigenvalue weighted by Crippen LogP contribution is 2.33. The first-order chi connectivity index (χ1) is 9.38. The van der Waals surface area contributed by atoms with Crippen LogP contribution >= 0.6 is 59.1 Å². The number of amides is 1. The van der Waals surface area contributed by atoms with Crippen molar-refractivity contribution in [2.45, 2.75) is 0 Å². The zero-order chi connectivity index (χ0) is 14.9. The molecule has 2 N–H and O–H groups in total. The first-order valence-corrected chi connectivity index (χ1v) is 8.37. The number of nitrogens with one attached hydrogen (secondary N) is 1. The second kappa shape index (κ2) is 6.38. The van der Waals surface area contributed by atoms with Crippen LogP contribution in [0.15, 0.2) is 37.0 Å². The summed E-state index contributed by atoms with van der Waals surface area (Å²) in [6, 6.07) is 6.14. The summed E-state index contributed by atoms with van der Waals surface area (Å²) in [5, 5.41) is 11.6. The van der Waals surface area contributed by atoms with Crippen LogP contribution in [0.1, 0.15) is 20.0 Å². The van der Waals surface area contributed by atoms with Crippen LogP contribution in [0.4, 0.5) is 5.69 Å². The van der Waals surface area contributed by atoms with Crippen molar-refractivity contribution in [2.75, 3.05) is 5.32 Å². The molecule has 0 spiro atoms. The fourth-order valence-corrected chi connectivity index (χ4v) is 3.67. The van der Waals surface area contributed by atoms with Crippen molar-refractivity contribution >= 4 is 76.7 Å². The third-order valence-electron chi connectivity index (χ3n) is 2.33. The number of carbonyl (C=O) groups is 2. The monoisotopic (exact) mass is 481 g/mol. The summed E-state index contributed by atoms with van der Waals surface area (Å²) >= 11 is 11.2. The maximum absolute atomic E-state index is 12.1. The first kappa shape index (κ1) is 15.7. The van der Waals surface area contributed by atoms with E-state index < -0.39 is 5.97 Å². The Kier molecular flexibility index (Phi) is 5.00. The molecule has 0 atom stereocenters. The second-order valence-corrected chi connectivity index (χ2v) is 7.76. The summed E-state index contributed by atoms with van der Waals surface area (Å²) in [6.45, 7) is 0. The minimum absolute atomic E-state index is 0.108. The van der Waals surface area contributed by atoms with Gasteiger partial charge in [-0.2, -0.15) is 0 Å². The summed E-state index contributed by atoms with van der Waals surface area (Å²) in [5.74, 6) is -1.35. The SMILES string of the molecule is O=C(O)c1ccc(Br)c(NC(=O)c2cc(Br)c(Br)s2)c1. The van der Waals surface area contributed by atoms with Gasteiger partial charge in [0.15, 0.2) is 0 Å². The maximum Gasteiger partial charge on any atom is 0.335 e. The molecule has 1 aromatic carbocycles. The highest BCUT2D eigenvalue weighted by Gasteiger charge is 2.14. The Morgan fingerprint density at radius 1 is 1.10 bits per heavy atom. The van der Waals surface area contributed by atoms with E-state index in [1.54, 1.807) is 12.1 Å². The molecule has 8 heteroatoms. The van der Waals surface area contributed by atoms with Crippen LogP contribution < -0.4 is 5.32 Å². The zero-order valence-electron chi connectivity index (χ0n) is 9.62. The van der Waals surface area contributed by atoms with Crippen molar-refractivity contribution in [3.63, 3.8) is 0 Å². The molecular formula is C12H6Br3NO3S. The molecule has 0 radical (unpaired) electrons. The molecule has 1 heterocycles. The molecule has 0 unspecified atom stereocenters. The van der Waals surface area contributed by atoms with E-state index in [0.717, 1.165) is 8.26 Å². The molecule has 2 rings (SSSR count). The van der Waals surface area contributed by atoms with E-state index in [1.165, 1.54) is 23.5 Å². The fourth-order valence-electron chi connectivity index (χ4n) is 1.40. The lowest BCUT2D eigenvalue weighted by Crippen LogP contribution is -2.11. The van der Waals surface area contributed by atoms with Gasteiger partial charge in [-0.15, -0.1) is 11.3 Å². The van der Waals surface area contributed by atoms with Crippen molar-refractivity contribution in [3.05, 3.63) is 47.4 Å². The molecule has 0 bridgehead atoms. The normalized spacial score (nSPS) is 10.3. The summed E-state index contributed by atoms with van der Waals surface area (Å²) in [6.07, 6.45) is 0. The van der Waals surface area contributed by atoms with Gasteiger partial charge in [0, 0.05) is 8.95 Å². The van der Waals surface area contributed by atoms with Crippen molar-refractivity contribution in [1.29, 1.82) is 0 Å². The number of carboxylic acid groups (broad SMARTS) is 1. The number of halogens is 3. The maximum atomic E-state index is 12.1. The summed E-state index contributed by atoms with van der Waals surface area (Å²) in [4.78, 5) is 23.5. The second-order valence-electron chi connectivity index (χ2n) is 3.69. The predicted octanol–water partition coefficient (Wildman–Crippen LogP) is 4.99. The van der Waals surface area contributed by atoms with Crippen molar-refractivity contribution < 1.29 is 14.7 Å². The zero-order valence-corrected chi connectivity index (χ0v) is 15.2. The molecule has 0 aliphatic rings. The van der Waals surface area contributed by atoms with E-state index >= 15 is 0 Å². The van der Waals surface area contributed by atoms with Gasteiger partial charge in [0.25, 0.3) is 5.91 Å². The smallest absolute Gasteiger partial charge is 0.335 e. The van der Waals surface area contributed by atoms with Crippen LogP contribution in [0.5, 0.6) is 0 Å². The molecule has 0 aliphatic carbocycles. The van der Waals surface area contributed by atoms with Crippen molar-refractivity contribution in [1.82, 2.24) is 0 Å². The Bertz CT molecular complexity index is 680. The lowest BCUT2D eigenvalue weighted by atomic mass is 10.2. The van der Waals surface area contributed by atoms with Gasteiger partial charge in [-0.25, -0.2) is 4.79 Å².